The molecule has 0 bridgehead atoms. The van der Waals surface area contributed by atoms with E-state index in [0.29, 0.717) is 10.8 Å². The summed E-state index contributed by atoms with van der Waals surface area (Å²) in [4.78, 5) is 0. The number of rotatable bonds is 3. The molecule has 0 aromatic carbocycles. The fourth-order valence-corrected chi connectivity index (χ4v) is 2.55. The summed E-state index contributed by atoms with van der Waals surface area (Å²) < 4.78 is 0. The molecule has 0 amide bonds. The first-order valence-electron chi connectivity index (χ1n) is 5.30. The van der Waals surface area contributed by atoms with Crippen LogP contribution in [0.1, 0.15) is 54.4 Å². The lowest BCUT2D eigenvalue weighted by atomic mass is 10.0. The highest BCUT2D eigenvalue weighted by molar-refractivity contribution is 5.11. The Morgan fingerprint density at radius 3 is 1.67 bits per heavy atom. The molecular formula is C12H24. The second-order valence-electron chi connectivity index (χ2n) is 5.97. The van der Waals surface area contributed by atoms with E-state index in [0.717, 1.165) is 11.8 Å². The zero-order valence-corrected chi connectivity index (χ0v) is 9.57. The predicted octanol–water partition coefficient (Wildman–Crippen LogP) is 4.10. The van der Waals surface area contributed by atoms with E-state index in [1.165, 1.54) is 12.8 Å². The summed E-state index contributed by atoms with van der Waals surface area (Å²) in [6.07, 6.45) is 2.83. The minimum Gasteiger partial charge on any atom is -0.0628 e. The van der Waals surface area contributed by atoms with Crippen LogP contribution in [-0.2, 0) is 0 Å². The standard InChI is InChI=1S/C12H24/c1-9(2)7-8-10-11(3,4)12(10,5)6/h9-10H,7-8H2,1-6H3. The van der Waals surface area contributed by atoms with Crippen molar-refractivity contribution >= 4 is 0 Å². The van der Waals surface area contributed by atoms with Crippen LogP contribution < -0.4 is 0 Å². The van der Waals surface area contributed by atoms with Gasteiger partial charge in [-0.25, -0.2) is 0 Å². The van der Waals surface area contributed by atoms with Crippen molar-refractivity contribution < 1.29 is 0 Å². The van der Waals surface area contributed by atoms with Crippen LogP contribution in [0.4, 0.5) is 0 Å². The van der Waals surface area contributed by atoms with Crippen molar-refractivity contribution in [3.05, 3.63) is 0 Å². The van der Waals surface area contributed by atoms with Crippen LogP contribution in [0.3, 0.4) is 0 Å². The maximum absolute atomic E-state index is 2.41. The summed E-state index contributed by atoms with van der Waals surface area (Å²) in [5.41, 5.74) is 1.20. The van der Waals surface area contributed by atoms with Crippen LogP contribution in [0.15, 0.2) is 0 Å². The normalized spacial score (nSPS) is 26.2. The molecule has 0 heterocycles. The Bertz CT molecular complexity index is 149. The van der Waals surface area contributed by atoms with E-state index >= 15 is 0 Å². The summed E-state index contributed by atoms with van der Waals surface area (Å²) in [5, 5.41) is 0. The molecule has 0 aromatic rings. The molecule has 1 aliphatic carbocycles. The molecule has 0 aromatic heterocycles. The fourth-order valence-electron chi connectivity index (χ4n) is 2.55. The lowest BCUT2D eigenvalue weighted by molar-refractivity contribution is 0.457. The minimum absolute atomic E-state index is 0.599. The van der Waals surface area contributed by atoms with Gasteiger partial charge in [0.15, 0.2) is 0 Å². The Kier molecular flexibility index (Phi) is 2.31. The van der Waals surface area contributed by atoms with Gasteiger partial charge in [-0.2, -0.15) is 0 Å². The first-order chi connectivity index (χ1) is 5.30. The lowest BCUT2D eigenvalue weighted by Gasteiger charge is -2.04. The Morgan fingerprint density at radius 1 is 1.00 bits per heavy atom. The second kappa shape index (κ2) is 2.75. The van der Waals surface area contributed by atoms with Crippen molar-refractivity contribution in [2.75, 3.05) is 0 Å². The third kappa shape index (κ3) is 1.41. The van der Waals surface area contributed by atoms with Crippen LogP contribution in [0.5, 0.6) is 0 Å². The zero-order chi connectivity index (χ0) is 9.57. The molecule has 0 spiro atoms. The van der Waals surface area contributed by atoms with Gasteiger partial charge in [-0.1, -0.05) is 48.0 Å². The van der Waals surface area contributed by atoms with Crippen molar-refractivity contribution in [1.29, 1.82) is 0 Å². The van der Waals surface area contributed by atoms with Crippen LogP contribution in [0.2, 0.25) is 0 Å². The maximum Gasteiger partial charge on any atom is -0.0266 e. The maximum atomic E-state index is 2.41. The molecule has 0 aliphatic heterocycles. The van der Waals surface area contributed by atoms with Crippen molar-refractivity contribution in [2.45, 2.75) is 54.4 Å². The fraction of sp³-hybridized carbons (Fsp3) is 1.00. The van der Waals surface area contributed by atoms with Gasteiger partial charge >= 0.3 is 0 Å². The summed E-state index contributed by atoms with van der Waals surface area (Å²) in [7, 11) is 0. The Labute approximate surface area is 77.7 Å². The van der Waals surface area contributed by atoms with E-state index in [-0.39, 0.29) is 0 Å². The lowest BCUT2D eigenvalue weighted by Crippen LogP contribution is -1.95. The van der Waals surface area contributed by atoms with Gasteiger partial charge < -0.3 is 0 Å². The first-order valence-corrected chi connectivity index (χ1v) is 5.30. The number of hydrogen-bond donors (Lipinski definition) is 0. The Morgan fingerprint density at radius 2 is 1.42 bits per heavy atom. The minimum atomic E-state index is 0.599. The highest BCUT2D eigenvalue weighted by Gasteiger charge is 2.63. The molecule has 1 saturated carbocycles. The van der Waals surface area contributed by atoms with E-state index in [2.05, 4.69) is 41.5 Å². The van der Waals surface area contributed by atoms with Crippen molar-refractivity contribution in [3.63, 3.8) is 0 Å². The van der Waals surface area contributed by atoms with Crippen LogP contribution in [0.25, 0.3) is 0 Å². The molecule has 0 N–H and O–H groups in total. The van der Waals surface area contributed by atoms with Gasteiger partial charge in [-0.15, -0.1) is 0 Å². The van der Waals surface area contributed by atoms with E-state index in [1.54, 1.807) is 0 Å². The molecule has 0 nitrogen and oxygen atoms in total. The summed E-state index contributed by atoms with van der Waals surface area (Å²) in [6, 6.07) is 0. The van der Waals surface area contributed by atoms with Gasteiger partial charge in [-0.05, 0) is 29.1 Å². The topological polar surface area (TPSA) is 0 Å². The second-order valence-corrected chi connectivity index (χ2v) is 5.97. The van der Waals surface area contributed by atoms with Crippen molar-refractivity contribution in [2.24, 2.45) is 22.7 Å². The van der Waals surface area contributed by atoms with Gasteiger partial charge in [0.2, 0.25) is 0 Å². The Balaban J connectivity index is 2.39. The molecule has 1 aliphatic rings. The smallest absolute Gasteiger partial charge is 0.0266 e. The highest BCUT2D eigenvalue weighted by Crippen LogP contribution is 2.70. The third-order valence-corrected chi connectivity index (χ3v) is 4.35. The molecule has 1 fully saturated rings. The molecule has 12 heavy (non-hydrogen) atoms. The Hall–Kier alpha value is 0. The molecule has 0 heteroatoms. The van der Waals surface area contributed by atoms with Crippen molar-refractivity contribution in [3.8, 4) is 0 Å². The summed E-state index contributed by atoms with van der Waals surface area (Å²) in [5.74, 6) is 1.84. The molecule has 72 valence electrons. The molecule has 0 unspecified atom stereocenters. The van der Waals surface area contributed by atoms with Crippen LogP contribution in [0, 0.1) is 22.7 Å². The first kappa shape index (κ1) is 10.1. The van der Waals surface area contributed by atoms with Crippen molar-refractivity contribution in [1.82, 2.24) is 0 Å². The van der Waals surface area contributed by atoms with Gasteiger partial charge in [0.25, 0.3) is 0 Å². The largest absolute Gasteiger partial charge is 0.0628 e. The average molecular weight is 168 g/mol. The monoisotopic (exact) mass is 168 g/mol. The van der Waals surface area contributed by atoms with Crippen LogP contribution >= 0.6 is 0 Å². The van der Waals surface area contributed by atoms with Gasteiger partial charge in [0.05, 0.1) is 0 Å². The molecular weight excluding hydrogens is 144 g/mol. The molecule has 0 saturated heterocycles. The quantitative estimate of drug-likeness (QED) is 0.595. The SMILES string of the molecule is CC(C)CCC1C(C)(C)C1(C)C. The highest BCUT2D eigenvalue weighted by atomic mass is 14.7. The third-order valence-electron chi connectivity index (χ3n) is 4.35. The van der Waals surface area contributed by atoms with E-state index in [9.17, 15) is 0 Å². The summed E-state index contributed by atoms with van der Waals surface area (Å²) in [6.45, 7) is 14.3. The van der Waals surface area contributed by atoms with Gasteiger partial charge in [0, 0.05) is 0 Å². The molecule has 0 atom stereocenters. The van der Waals surface area contributed by atoms with E-state index in [4.69, 9.17) is 0 Å². The zero-order valence-electron chi connectivity index (χ0n) is 9.57. The summed E-state index contributed by atoms with van der Waals surface area (Å²) >= 11 is 0. The molecule has 0 radical (unpaired) electrons. The van der Waals surface area contributed by atoms with Crippen LogP contribution in [-0.4, -0.2) is 0 Å². The van der Waals surface area contributed by atoms with E-state index in [1.807, 2.05) is 0 Å². The average Bonchev–Trinajstić information content (AvgIpc) is 2.21. The van der Waals surface area contributed by atoms with E-state index < -0.39 is 0 Å². The predicted molar refractivity (Wildman–Crippen MR) is 55.1 cm³/mol. The van der Waals surface area contributed by atoms with Gasteiger partial charge in [-0.3, -0.25) is 0 Å². The molecule has 1 rings (SSSR count). The number of hydrogen-bond acceptors (Lipinski definition) is 0. The van der Waals surface area contributed by atoms with Gasteiger partial charge in [0.1, 0.15) is 0 Å².